The number of hydrogen-bond donors (Lipinski definition) is 1. The molecule has 1 heterocycles. The highest BCUT2D eigenvalue weighted by atomic mass is 32.2. The Hall–Kier alpha value is -3.15. The van der Waals surface area contributed by atoms with Crippen LogP contribution in [-0.4, -0.2) is 27.8 Å². The Bertz CT molecular complexity index is 1210. The fraction of sp³-hybridized carbons (Fsp3) is 0.385. The number of nitrogens with zero attached hydrogens (tertiary/aromatic N) is 3. The summed E-state index contributed by atoms with van der Waals surface area (Å²) in [7, 11) is 0. The highest BCUT2D eigenvalue weighted by Gasteiger charge is 2.26. The number of hydrogen-bond acceptors (Lipinski definition) is 8. The predicted molar refractivity (Wildman–Crippen MR) is 132 cm³/mol. The largest absolute Gasteiger partial charge is 0.490 e. The van der Waals surface area contributed by atoms with Crippen LogP contribution in [0.3, 0.4) is 0 Å². The number of ether oxygens (including phenoxy) is 1. The second-order valence-corrected chi connectivity index (χ2v) is 9.39. The summed E-state index contributed by atoms with van der Waals surface area (Å²) in [6.45, 7) is 5.86. The molecule has 1 atom stereocenters. The van der Waals surface area contributed by atoms with E-state index in [0.29, 0.717) is 40.8 Å². The molecule has 0 fully saturated rings. The maximum Gasteiger partial charge on any atom is 0.258 e. The van der Waals surface area contributed by atoms with Gasteiger partial charge in [-0.25, -0.2) is 0 Å². The topological polar surface area (TPSA) is 101 Å². The molecule has 1 aliphatic carbocycles. The van der Waals surface area contributed by atoms with Crippen molar-refractivity contribution in [3.8, 4) is 34.7 Å². The number of nitrogens with one attached hydrogen (secondary N) is 1. The Labute approximate surface area is 204 Å². The van der Waals surface area contributed by atoms with Crippen LogP contribution in [0.25, 0.3) is 22.8 Å². The average molecular weight is 477 g/mol. The maximum atomic E-state index is 11.8. The van der Waals surface area contributed by atoms with Gasteiger partial charge in [-0.15, -0.1) is 0 Å². The van der Waals surface area contributed by atoms with Gasteiger partial charge in [-0.1, -0.05) is 42.2 Å². The molecule has 1 unspecified atom stereocenters. The van der Waals surface area contributed by atoms with Crippen molar-refractivity contribution < 1.29 is 14.1 Å². The van der Waals surface area contributed by atoms with Crippen LogP contribution in [0, 0.1) is 11.3 Å². The van der Waals surface area contributed by atoms with Gasteiger partial charge in [-0.05, 0) is 62.4 Å². The second-order valence-electron chi connectivity index (χ2n) is 8.57. The first-order valence-electron chi connectivity index (χ1n) is 11.6. The van der Waals surface area contributed by atoms with Crippen LogP contribution in [0.5, 0.6) is 5.75 Å². The number of ketones is 1. The number of Topliss-reactive ketones (excluding diaryl/α,β-unsaturated/α-hetero) is 1. The lowest BCUT2D eigenvalue weighted by molar-refractivity contribution is -0.116. The third kappa shape index (κ3) is 5.32. The molecule has 2 aromatic carbocycles. The van der Waals surface area contributed by atoms with Crippen molar-refractivity contribution in [3.05, 3.63) is 53.1 Å². The standard InChI is InChI=1S/C26H28N4O3S/c1-4-6-19(31)15-34-30-23-11-10-20-21(23)7-5-8-22(20)25-28-26(33-29-25)17-9-12-24(32-16(2)3)18(13-17)14-27/h5,7-9,12-13,16,23,30H,4,6,10-11,15H2,1-3H3. The predicted octanol–water partition coefficient (Wildman–Crippen LogP) is 5.66. The molecule has 0 bridgehead atoms. The van der Waals surface area contributed by atoms with E-state index >= 15 is 0 Å². The Morgan fingerprint density at radius 1 is 1.35 bits per heavy atom. The molecule has 3 aromatic rings. The molecule has 176 valence electrons. The normalized spacial score (nSPS) is 14.7. The number of nitriles is 1. The van der Waals surface area contributed by atoms with Crippen LogP contribution >= 0.6 is 11.9 Å². The third-order valence-electron chi connectivity index (χ3n) is 5.63. The van der Waals surface area contributed by atoms with Crippen LogP contribution < -0.4 is 9.46 Å². The lowest BCUT2D eigenvalue weighted by Crippen LogP contribution is -2.14. The lowest BCUT2D eigenvalue weighted by Gasteiger charge is -2.13. The van der Waals surface area contributed by atoms with Crippen molar-refractivity contribution >= 4 is 17.7 Å². The van der Waals surface area contributed by atoms with Gasteiger partial charge in [-0.2, -0.15) is 10.2 Å². The Morgan fingerprint density at radius 3 is 2.97 bits per heavy atom. The van der Waals surface area contributed by atoms with Crippen molar-refractivity contribution in [1.82, 2.24) is 14.9 Å². The highest BCUT2D eigenvalue weighted by Crippen LogP contribution is 2.38. The van der Waals surface area contributed by atoms with E-state index in [0.717, 1.165) is 24.8 Å². The zero-order chi connectivity index (χ0) is 24.1. The molecular formula is C26H28N4O3S. The molecule has 0 radical (unpaired) electrons. The minimum Gasteiger partial charge on any atom is -0.490 e. The van der Waals surface area contributed by atoms with Gasteiger partial charge in [0.2, 0.25) is 5.82 Å². The first-order valence-corrected chi connectivity index (χ1v) is 12.5. The zero-order valence-electron chi connectivity index (χ0n) is 19.6. The number of fused-ring (bicyclic) bond motifs is 1. The van der Waals surface area contributed by atoms with E-state index in [4.69, 9.17) is 9.26 Å². The van der Waals surface area contributed by atoms with Crippen molar-refractivity contribution in [3.63, 3.8) is 0 Å². The molecule has 0 saturated carbocycles. The van der Waals surface area contributed by atoms with Crippen molar-refractivity contribution in [2.75, 3.05) is 5.75 Å². The van der Waals surface area contributed by atoms with Gasteiger partial charge in [0.05, 0.1) is 17.4 Å². The van der Waals surface area contributed by atoms with Crippen LogP contribution in [0.2, 0.25) is 0 Å². The summed E-state index contributed by atoms with van der Waals surface area (Å²) in [4.78, 5) is 16.4. The van der Waals surface area contributed by atoms with E-state index < -0.39 is 0 Å². The number of carbonyl (C=O) groups excluding carboxylic acids is 1. The molecule has 0 amide bonds. The molecule has 8 heteroatoms. The molecule has 7 nitrogen and oxygen atoms in total. The number of benzene rings is 2. The number of carbonyl (C=O) groups is 1. The van der Waals surface area contributed by atoms with Gasteiger partial charge in [0.1, 0.15) is 17.6 Å². The fourth-order valence-electron chi connectivity index (χ4n) is 4.12. The minimum absolute atomic E-state index is 0.0262. The average Bonchev–Trinajstić information content (AvgIpc) is 3.47. The van der Waals surface area contributed by atoms with E-state index in [9.17, 15) is 10.1 Å². The van der Waals surface area contributed by atoms with Crippen molar-refractivity contribution in [1.29, 1.82) is 5.26 Å². The Morgan fingerprint density at radius 2 is 2.21 bits per heavy atom. The lowest BCUT2D eigenvalue weighted by atomic mass is 10.0. The van der Waals surface area contributed by atoms with E-state index in [1.165, 1.54) is 23.1 Å². The molecule has 34 heavy (non-hydrogen) atoms. The van der Waals surface area contributed by atoms with E-state index in [1.54, 1.807) is 12.1 Å². The van der Waals surface area contributed by atoms with Crippen molar-refractivity contribution in [2.24, 2.45) is 0 Å². The molecule has 1 aromatic heterocycles. The van der Waals surface area contributed by atoms with Gasteiger partial charge in [0, 0.05) is 23.6 Å². The van der Waals surface area contributed by atoms with Gasteiger partial charge in [0.15, 0.2) is 0 Å². The molecule has 4 rings (SSSR count). The van der Waals surface area contributed by atoms with E-state index in [2.05, 4.69) is 27.0 Å². The smallest absolute Gasteiger partial charge is 0.258 e. The summed E-state index contributed by atoms with van der Waals surface area (Å²) < 4.78 is 14.7. The van der Waals surface area contributed by atoms with Crippen LogP contribution in [0.15, 0.2) is 40.9 Å². The molecular weight excluding hydrogens is 448 g/mol. The Balaban J connectivity index is 1.52. The number of aromatic nitrogens is 2. The molecule has 1 N–H and O–H groups in total. The zero-order valence-corrected chi connectivity index (χ0v) is 20.4. The second kappa shape index (κ2) is 10.9. The first-order chi connectivity index (χ1) is 16.5. The summed E-state index contributed by atoms with van der Waals surface area (Å²) in [5.41, 5.74) is 4.46. The van der Waals surface area contributed by atoms with Gasteiger partial charge in [0.25, 0.3) is 5.89 Å². The summed E-state index contributed by atoms with van der Waals surface area (Å²) >= 11 is 1.49. The minimum atomic E-state index is -0.0262. The van der Waals surface area contributed by atoms with Crippen LogP contribution in [0.4, 0.5) is 0 Å². The number of rotatable bonds is 10. The molecule has 0 aliphatic heterocycles. The quantitative estimate of drug-likeness (QED) is 0.374. The van der Waals surface area contributed by atoms with E-state index in [-0.39, 0.29) is 17.9 Å². The Kier molecular flexibility index (Phi) is 7.66. The fourth-order valence-corrected chi connectivity index (χ4v) is 4.95. The maximum absolute atomic E-state index is 11.8. The highest BCUT2D eigenvalue weighted by molar-refractivity contribution is 7.98. The van der Waals surface area contributed by atoms with Gasteiger partial charge in [-0.3, -0.25) is 9.52 Å². The molecule has 0 saturated heterocycles. The van der Waals surface area contributed by atoms with Gasteiger partial charge >= 0.3 is 0 Å². The third-order valence-corrected chi connectivity index (χ3v) is 6.55. The van der Waals surface area contributed by atoms with Crippen LogP contribution in [-0.2, 0) is 11.2 Å². The SMILES string of the molecule is CCCC(=O)CSNC1CCc2c(-c3noc(-c4ccc(OC(C)C)c(C#N)c4)n3)cccc21. The monoisotopic (exact) mass is 476 g/mol. The molecule has 1 aliphatic rings. The van der Waals surface area contributed by atoms with Crippen molar-refractivity contribution in [2.45, 2.75) is 58.6 Å². The summed E-state index contributed by atoms with van der Waals surface area (Å²) in [6.07, 6.45) is 3.34. The van der Waals surface area contributed by atoms with Gasteiger partial charge < -0.3 is 9.26 Å². The first kappa shape index (κ1) is 24.0. The summed E-state index contributed by atoms with van der Waals surface area (Å²) in [5, 5.41) is 13.7. The summed E-state index contributed by atoms with van der Waals surface area (Å²) in [6, 6.07) is 13.8. The summed E-state index contributed by atoms with van der Waals surface area (Å²) in [5.74, 6) is 2.18. The van der Waals surface area contributed by atoms with Crippen LogP contribution in [0.1, 0.15) is 62.8 Å². The van der Waals surface area contributed by atoms with E-state index in [1.807, 2.05) is 39.0 Å². The molecule has 0 spiro atoms.